The number of nitrogens with one attached hydrogen (secondary N) is 1. The van der Waals surface area contributed by atoms with E-state index in [1.54, 1.807) is 56.3 Å². The summed E-state index contributed by atoms with van der Waals surface area (Å²) in [7, 11) is 2.94. The molecule has 13 heteroatoms. The summed E-state index contributed by atoms with van der Waals surface area (Å²) in [5.74, 6) is 2.20. The number of aliphatic hydroxyl groups is 1. The van der Waals surface area contributed by atoms with E-state index in [0.29, 0.717) is 41.9 Å². The molecule has 0 aliphatic rings. The van der Waals surface area contributed by atoms with Crippen LogP contribution in [0, 0.1) is 6.92 Å². The summed E-state index contributed by atoms with van der Waals surface area (Å²) in [5.41, 5.74) is 1.46. The molecule has 3 unspecified atom stereocenters. The van der Waals surface area contributed by atoms with Crippen LogP contribution in [-0.2, 0) is 26.9 Å². The first-order valence-electron chi connectivity index (χ1n) is 11.3. The van der Waals surface area contributed by atoms with Crippen LogP contribution in [0.3, 0.4) is 0 Å². The van der Waals surface area contributed by atoms with Crippen molar-refractivity contribution >= 4 is 16.9 Å². The highest BCUT2D eigenvalue weighted by atomic mass is 32.2. The molecule has 2 heterocycles. The Bertz CT molecular complexity index is 1120. The second kappa shape index (κ2) is 13.3. The monoisotopic (exact) mass is 520 g/mol. The molecule has 196 valence electrons. The van der Waals surface area contributed by atoms with Gasteiger partial charge in [-0.3, -0.25) is 9.29 Å². The van der Waals surface area contributed by atoms with Crippen molar-refractivity contribution in [3.63, 3.8) is 0 Å². The van der Waals surface area contributed by atoms with E-state index in [2.05, 4.69) is 24.9 Å². The fraction of sp³-hybridized carbons (Fsp3) is 0.478. The highest BCUT2D eigenvalue weighted by Gasteiger charge is 2.29. The van der Waals surface area contributed by atoms with E-state index < -0.39 is 22.3 Å². The van der Waals surface area contributed by atoms with Gasteiger partial charge >= 0.3 is 0 Å². The summed E-state index contributed by atoms with van der Waals surface area (Å²) in [5, 5.41) is 17.0. The minimum atomic E-state index is -1.67. The number of aryl methyl sites for hydroxylation is 1. The molecular formula is C23H32N6O6S. The quantitative estimate of drug-likeness (QED) is 0.302. The van der Waals surface area contributed by atoms with Gasteiger partial charge in [-0.15, -0.1) is 10.2 Å². The molecule has 3 rings (SSSR count). The lowest BCUT2D eigenvalue weighted by Gasteiger charge is -2.22. The number of rotatable bonds is 14. The maximum Gasteiger partial charge on any atom is 0.241 e. The van der Waals surface area contributed by atoms with Crippen molar-refractivity contribution in [3.8, 4) is 17.2 Å². The Morgan fingerprint density at radius 3 is 2.33 bits per heavy atom. The fourth-order valence-electron chi connectivity index (χ4n) is 3.51. The average Bonchev–Trinajstić information content (AvgIpc) is 3.28. The third-order valence-electron chi connectivity index (χ3n) is 5.33. The van der Waals surface area contributed by atoms with E-state index in [9.17, 15) is 4.21 Å². The fourth-order valence-corrected chi connectivity index (χ4v) is 4.47. The molecular weight excluding hydrogens is 488 g/mol. The lowest BCUT2D eigenvalue weighted by molar-refractivity contribution is 0.0934. The first-order valence-corrected chi connectivity index (χ1v) is 12.5. The summed E-state index contributed by atoms with van der Waals surface area (Å²) in [6, 6.07) is 5.36. The van der Waals surface area contributed by atoms with Crippen LogP contribution < -0.4 is 14.2 Å². The normalized spacial score (nSPS) is 13.7. The summed E-state index contributed by atoms with van der Waals surface area (Å²) < 4.78 is 40.2. The number of hydrogen-bond donors (Lipinski definition) is 2. The van der Waals surface area contributed by atoms with Gasteiger partial charge in [-0.2, -0.15) is 0 Å². The van der Waals surface area contributed by atoms with Crippen molar-refractivity contribution in [2.75, 3.05) is 45.9 Å². The number of methoxy groups -OCH3 is 3. The molecule has 0 bridgehead atoms. The van der Waals surface area contributed by atoms with E-state index in [-0.39, 0.29) is 19.2 Å². The molecule has 0 radical (unpaired) electrons. The predicted molar refractivity (Wildman–Crippen MR) is 134 cm³/mol. The van der Waals surface area contributed by atoms with Crippen LogP contribution in [0.5, 0.6) is 11.5 Å². The minimum Gasteiger partial charge on any atom is -0.494 e. The van der Waals surface area contributed by atoms with Crippen LogP contribution >= 0.6 is 0 Å². The highest BCUT2D eigenvalue weighted by molar-refractivity contribution is 7.87. The van der Waals surface area contributed by atoms with E-state index in [1.165, 1.54) is 7.11 Å². The molecule has 0 fully saturated rings. The van der Waals surface area contributed by atoms with E-state index >= 15 is 0 Å². The van der Waals surface area contributed by atoms with Gasteiger partial charge in [-0.25, -0.2) is 14.2 Å². The molecule has 0 saturated heterocycles. The zero-order valence-electron chi connectivity index (χ0n) is 21.0. The van der Waals surface area contributed by atoms with Gasteiger partial charge in [0.2, 0.25) is 5.95 Å². The van der Waals surface area contributed by atoms with Gasteiger partial charge in [0.1, 0.15) is 40.1 Å². The summed E-state index contributed by atoms with van der Waals surface area (Å²) in [4.78, 5) is 8.65. The minimum absolute atomic E-state index is 0.0813. The van der Waals surface area contributed by atoms with Crippen LogP contribution in [0.25, 0.3) is 5.69 Å². The van der Waals surface area contributed by atoms with Gasteiger partial charge in [0.05, 0.1) is 39.3 Å². The van der Waals surface area contributed by atoms with Crippen molar-refractivity contribution in [1.82, 2.24) is 24.7 Å². The number of hydrogen-bond acceptors (Lipinski definition) is 10. The summed E-state index contributed by atoms with van der Waals surface area (Å²) in [6.07, 6.45) is 3.12. The number of nitrogens with zero attached hydrogens (tertiary/aromatic N) is 5. The Balaban J connectivity index is 1.96. The number of aromatic nitrogens is 5. The van der Waals surface area contributed by atoms with Gasteiger partial charge in [0.25, 0.3) is 0 Å². The second-order valence-corrected chi connectivity index (χ2v) is 9.29. The predicted octanol–water partition coefficient (Wildman–Crippen LogP) is 1.79. The van der Waals surface area contributed by atoms with Crippen LogP contribution in [0.15, 0.2) is 30.6 Å². The molecule has 2 aromatic heterocycles. The van der Waals surface area contributed by atoms with Gasteiger partial charge in [0.15, 0.2) is 5.82 Å². The third-order valence-corrected chi connectivity index (χ3v) is 6.63. The summed E-state index contributed by atoms with van der Waals surface area (Å²) >= 11 is 0. The highest BCUT2D eigenvalue weighted by Crippen LogP contribution is 2.35. The Hall–Kier alpha value is -3.13. The van der Waals surface area contributed by atoms with Crippen molar-refractivity contribution in [3.05, 3.63) is 47.8 Å². The number of benzene rings is 1. The standard InChI is InChI=1S/C23H32N6O6S/c1-15-13-24-22(25-14-15)21(34-5)16(2)36(31)28-23-27-26-19(9-11-35-12-10-30)29(23)20-17(32-3)7-6-8-18(20)33-4/h6-8,13-14,16,21,30H,9-12H2,1-5H3,(H,27,28). The number of anilines is 1. The SMILES string of the molecule is COc1cccc(OC)c1-n1c(CCOCCO)nnc1NS(=O)C(C)C(OC)c1ncc(C)cn1. The van der Waals surface area contributed by atoms with E-state index in [4.69, 9.17) is 24.1 Å². The van der Waals surface area contributed by atoms with Gasteiger partial charge in [-0.1, -0.05) is 6.07 Å². The van der Waals surface area contributed by atoms with Crippen LogP contribution in [0.2, 0.25) is 0 Å². The lowest BCUT2D eigenvalue weighted by Crippen LogP contribution is -2.29. The Morgan fingerprint density at radius 1 is 1.08 bits per heavy atom. The third kappa shape index (κ3) is 6.35. The first-order chi connectivity index (χ1) is 17.4. The number of ether oxygens (including phenoxy) is 4. The molecule has 3 atom stereocenters. The molecule has 0 spiro atoms. The maximum atomic E-state index is 13.4. The largest absolute Gasteiger partial charge is 0.494 e. The zero-order chi connectivity index (χ0) is 26.1. The van der Waals surface area contributed by atoms with E-state index in [0.717, 1.165) is 5.56 Å². The molecule has 0 aliphatic heterocycles. The van der Waals surface area contributed by atoms with Crippen molar-refractivity contribution in [2.24, 2.45) is 0 Å². The molecule has 0 aliphatic carbocycles. The molecule has 2 N–H and O–H groups in total. The van der Waals surface area contributed by atoms with Crippen molar-refractivity contribution in [1.29, 1.82) is 0 Å². The average molecular weight is 521 g/mol. The molecule has 3 aromatic rings. The van der Waals surface area contributed by atoms with Crippen molar-refractivity contribution < 1.29 is 28.3 Å². The van der Waals surface area contributed by atoms with Crippen molar-refractivity contribution in [2.45, 2.75) is 31.6 Å². The Kier molecular flexibility index (Phi) is 10.1. The van der Waals surface area contributed by atoms with Gasteiger partial charge in [-0.05, 0) is 31.5 Å². The van der Waals surface area contributed by atoms with Crippen LogP contribution in [-0.4, -0.2) is 80.4 Å². The lowest BCUT2D eigenvalue weighted by atomic mass is 10.2. The smallest absolute Gasteiger partial charge is 0.241 e. The van der Waals surface area contributed by atoms with E-state index in [1.807, 2.05) is 6.92 Å². The number of aliphatic hydroxyl groups excluding tert-OH is 1. The second-order valence-electron chi connectivity index (χ2n) is 7.75. The molecule has 0 amide bonds. The summed E-state index contributed by atoms with van der Waals surface area (Å²) in [6.45, 7) is 4.08. The maximum absolute atomic E-state index is 13.4. The van der Waals surface area contributed by atoms with Gasteiger partial charge < -0.3 is 24.1 Å². The molecule has 12 nitrogen and oxygen atoms in total. The Morgan fingerprint density at radius 2 is 1.75 bits per heavy atom. The molecule has 0 saturated carbocycles. The Labute approximate surface area is 212 Å². The topological polar surface area (TPSA) is 143 Å². The zero-order valence-corrected chi connectivity index (χ0v) is 21.8. The van der Waals surface area contributed by atoms with Gasteiger partial charge in [0, 0.05) is 25.9 Å². The number of para-hydroxylation sites is 1. The molecule has 1 aromatic carbocycles. The molecule has 36 heavy (non-hydrogen) atoms. The first kappa shape index (κ1) is 27.5. The van der Waals surface area contributed by atoms with Crippen LogP contribution in [0.4, 0.5) is 5.95 Å². The van der Waals surface area contributed by atoms with Crippen LogP contribution in [0.1, 0.15) is 30.2 Å².